The van der Waals surface area contributed by atoms with Crippen LogP contribution in [0, 0.1) is 0 Å². The number of hydrazine groups is 1. The normalized spacial score (nSPS) is 22.6. The van der Waals surface area contributed by atoms with E-state index in [1.54, 1.807) is 5.01 Å². The second-order valence-corrected chi connectivity index (χ2v) is 3.40. The van der Waals surface area contributed by atoms with E-state index < -0.39 is 6.35 Å². The highest BCUT2D eigenvalue weighted by atomic mass is 32.1. The first-order chi connectivity index (χ1) is 6.70. The van der Waals surface area contributed by atoms with Crippen LogP contribution in [0.1, 0.15) is 6.92 Å². The highest BCUT2D eigenvalue weighted by molar-refractivity contribution is 7.77. The summed E-state index contributed by atoms with van der Waals surface area (Å²) < 4.78 is 1.38. The van der Waals surface area contributed by atoms with Crippen LogP contribution in [-0.4, -0.2) is 21.7 Å². The summed E-state index contributed by atoms with van der Waals surface area (Å²) in [6.07, 6.45) is -0.904. The Morgan fingerprint density at radius 1 is 1.36 bits per heavy atom. The Hall–Kier alpha value is -1.04. The maximum absolute atomic E-state index is 9.42. The number of hydrogen-bond acceptors (Lipinski definition) is 5. The Morgan fingerprint density at radius 3 is 2.50 bits per heavy atom. The van der Waals surface area contributed by atoms with Gasteiger partial charge < -0.3 is 5.11 Å². The van der Waals surface area contributed by atoms with Gasteiger partial charge in [0.15, 0.2) is 0 Å². The Bertz CT molecular complexity index is 354. The van der Waals surface area contributed by atoms with Crippen molar-refractivity contribution in [1.29, 1.82) is 0 Å². The molecule has 0 radical (unpaired) electrons. The van der Waals surface area contributed by atoms with Gasteiger partial charge in [0.05, 0.1) is 5.69 Å². The van der Waals surface area contributed by atoms with Gasteiger partial charge in [0, 0.05) is 0 Å². The van der Waals surface area contributed by atoms with Crippen LogP contribution in [-0.2, 0) is 0 Å². The Kier molecular flexibility index (Phi) is 2.45. The van der Waals surface area contributed by atoms with Crippen molar-refractivity contribution in [2.75, 3.05) is 5.01 Å². The van der Waals surface area contributed by atoms with Crippen LogP contribution in [0.4, 0.5) is 5.69 Å². The molecule has 0 bridgehead atoms. The van der Waals surface area contributed by atoms with Gasteiger partial charge in [-0.05, 0) is 19.1 Å². The van der Waals surface area contributed by atoms with E-state index in [4.69, 9.17) is 0 Å². The average molecular weight is 209 g/mol. The number of thiol groups is 1. The standard InChI is InChI=1S/C9H11N3OS/c1-7-10-9(13)12(14)11(7)8-5-3-2-4-6-8/h2-6,9,13-14H,1H3. The van der Waals surface area contributed by atoms with Crippen molar-refractivity contribution in [3.8, 4) is 0 Å². The second-order valence-electron chi connectivity index (χ2n) is 2.99. The summed E-state index contributed by atoms with van der Waals surface area (Å²) in [4.78, 5) is 3.98. The molecule has 1 aliphatic rings. The van der Waals surface area contributed by atoms with Gasteiger partial charge in [-0.2, -0.15) is 0 Å². The Labute approximate surface area is 88.0 Å². The lowest BCUT2D eigenvalue weighted by Gasteiger charge is -2.25. The molecular formula is C9H11N3OS. The predicted molar refractivity (Wildman–Crippen MR) is 58.9 cm³/mol. The fourth-order valence-electron chi connectivity index (χ4n) is 1.40. The topological polar surface area (TPSA) is 39.1 Å². The first kappa shape index (κ1) is 9.51. The summed E-state index contributed by atoms with van der Waals surface area (Å²) in [6.45, 7) is 1.83. The van der Waals surface area contributed by atoms with E-state index in [-0.39, 0.29) is 0 Å². The van der Waals surface area contributed by atoms with E-state index >= 15 is 0 Å². The molecule has 74 valence electrons. The van der Waals surface area contributed by atoms with Crippen molar-refractivity contribution < 1.29 is 5.11 Å². The van der Waals surface area contributed by atoms with Crippen LogP contribution in [0.2, 0.25) is 0 Å². The van der Waals surface area contributed by atoms with E-state index in [9.17, 15) is 5.11 Å². The van der Waals surface area contributed by atoms with Gasteiger partial charge >= 0.3 is 0 Å². The molecule has 0 aromatic heterocycles. The van der Waals surface area contributed by atoms with E-state index in [1.807, 2.05) is 37.3 Å². The van der Waals surface area contributed by atoms with Crippen LogP contribution in [0.5, 0.6) is 0 Å². The summed E-state index contributed by atoms with van der Waals surface area (Å²) in [7, 11) is 0. The summed E-state index contributed by atoms with van der Waals surface area (Å²) in [6, 6.07) is 9.65. The second kappa shape index (κ2) is 3.61. The van der Waals surface area contributed by atoms with Gasteiger partial charge in [-0.3, -0.25) is 0 Å². The molecule has 1 aromatic carbocycles. The van der Waals surface area contributed by atoms with Gasteiger partial charge in [-0.25, -0.2) is 10.0 Å². The number of hydrogen-bond donors (Lipinski definition) is 2. The molecule has 0 fully saturated rings. The molecule has 1 N–H and O–H groups in total. The van der Waals surface area contributed by atoms with E-state index in [0.717, 1.165) is 11.5 Å². The molecule has 1 unspecified atom stereocenters. The highest BCUT2D eigenvalue weighted by Crippen LogP contribution is 2.24. The molecule has 1 aromatic rings. The van der Waals surface area contributed by atoms with Gasteiger partial charge in [0.2, 0.25) is 6.35 Å². The van der Waals surface area contributed by atoms with Crippen LogP contribution in [0.15, 0.2) is 35.3 Å². The van der Waals surface area contributed by atoms with Crippen molar-refractivity contribution in [2.45, 2.75) is 13.3 Å². The largest absolute Gasteiger partial charge is 0.358 e. The molecule has 2 rings (SSSR count). The highest BCUT2D eigenvalue weighted by Gasteiger charge is 2.28. The van der Waals surface area contributed by atoms with E-state index in [1.165, 1.54) is 4.41 Å². The summed E-state index contributed by atoms with van der Waals surface area (Å²) in [5.41, 5.74) is 0.931. The Balaban J connectivity index is 2.32. The Morgan fingerprint density at radius 2 is 2.00 bits per heavy atom. The molecule has 14 heavy (non-hydrogen) atoms. The van der Waals surface area contributed by atoms with Gasteiger partial charge in [0.1, 0.15) is 5.84 Å². The molecule has 1 heterocycles. The van der Waals surface area contributed by atoms with Crippen molar-refractivity contribution in [3.63, 3.8) is 0 Å². The van der Waals surface area contributed by atoms with Crippen LogP contribution in [0.25, 0.3) is 0 Å². The number of para-hydroxylation sites is 1. The minimum Gasteiger partial charge on any atom is -0.358 e. The molecule has 0 aliphatic carbocycles. The SMILES string of the molecule is CC1=NC(O)N(S)N1c1ccccc1. The molecule has 0 amide bonds. The molecule has 5 heteroatoms. The zero-order valence-electron chi connectivity index (χ0n) is 7.70. The maximum atomic E-state index is 9.42. The summed E-state index contributed by atoms with van der Waals surface area (Å²) in [5, 5.41) is 11.2. The quantitative estimate of drug-likeness (QED) is 0.684. The van der Waals surface area contributed by atoms with E-state index in [2.05, 4.69) is 17.8 Å². The fourth-order valence-corrected chi connectivity index (χ4v) is 1.68. The number of aliphatic hydroxyl groups is 1. The molecule has 0 saturated carbocycles. The minimum atomic E-state index is -0.904. The fraction of sp³-hybridized carbons (Fsp3) is 0.222. The monoisotopic (exact) mass is 209 g/mol. The van der Waals surface area contributed by atoms with Crippen LogP contribution >= 0.6 is 12.8 Å². The van der Waals surface area contributed by atoms with Crippen LogP contribution < -0.4 is 5.01 Å². The number of nitrogens with zero attached hydrogens (tertiary/aromatic N) is 3. The first-order valence-corrected chi connectivity index (χ1v) is 4.66. The first-order valence-electron chi connectivity index (χ1n) is 4.26. The predicted octanol–water partition coefficient (Wildman–Crippen LogP) is 1.26. The smallest absolute Gasteiger partial charge is 0.233 e. The average Bonchev–Trinajstić information content (AvgIpc) is 2.43. The third-order valence-corrected chi connectivity index (χ3v) is 2.41. The molecule has 1 atom stereocenters. The molecule has 0 saturated heterocycles. The summed E-state index contributed by atoms with van der Waals surface area (Å²) >= 11 is 4.15. The molecule has 1 aliphatic heterocycles. The van der Waals surface area contributed by atoms with E-state index in [0.29, 0.717) is 0 Å². The summed E-state index contributed by atoms with van der Waals surface area (Å²) in [5.74, 6) is 0.721. The van der Waals surface area contributed by atoms with Gasteiger partial charge in [0.25, 0.3) is 0 Å². The van der Waals surface area contributed by atoms with Crippen LogP contribution in [0.3, 0.4) is 0 Å². The van der Waals surface area contributed by atoms with Gasteiger partial charge in [-0.15, -0.1) is 4.41 Å². The minimum absolute atomic E-state index is 0.721. The molecule has 0 spiro atoms. The lowest BCUT2D eigenvalue weighted by Crippen LogP contribution is -2.37. The zero-order chi connectivity index (χ0) is 10.1. The van der Waals surface area contributed by atoms with Crippen molar-refractivity contribution >= 4 is 24.3 Å². The molecular weight excluding hydrogens is 198 g/mol. The lowest BCUT2D eigenvalue weighted by atomic mass is 10.3. The number of aliphatic imine (C=N–C) groups is 1. The number of rotatable bonds is 1. The maximum Gasteiger partial charge on any atom is 0.233 e. The number of amidine groups is 1. The van der Waals surface area contributed by atoms with Crippen molar-refractivity contribution in [2.24, 2.45) is 4.99 Å². The third kappa shape index (κ3) is 1.50. The number of benzene rings is 1. The third-order valence-electron chi connectivity index (χ3n) is 2.02. The molecule has 4 nitrogen and oxygen atoms in total. The lowest BCUT2D eigenvalue weighted by molar-refractivity contribution is 0.0965. The number of anilines is 1. The zero-order valence-corrected chi connectivity index (χ0v) is 8.59. The van der Waals surface area contributed by atoms with Crippen molar-refractivity contribution in [3.05, 3.63) is 30.3 Å². The number of aliphatic hydroxyl groups excluding tert-OH is 1. The van der Waals surface area contributed by atoms with Crippen molar-refractivity contribution in [1.82, 2.24) is 4.41 Å². The van der Waals surface area contributed by atoms with Gasteiger partial charge in [-0.1, -0.05) is 31.0 Å².